The van der Waals surface area contributed by atoms with Crippen LogP contribution in [0.4, 0.5) is 0 Å². The van der Waals surface area contributed by atoms with Gasteiger partial charge in [0, 0.05) is 42.8 Å². The average Bonchev–Trinajstić information content (AvgIpc) is 2.42. The Balaban J connectivity index is 1.95. The molecule has 0 N–H and O–H groups in total. The first-order valence-electron chi connectivity index (χ1n) is 6.56. The molecule has 1 saturated heterocycles. The van der Waals surface area contributed by atoms with Crippen LogP contribution in [0, 0.1) is 0 Å². The summed E-state index contributed by atoms with van der Waals surface area (Å²) in [6.07, 6.45) is 0. The van der Waals surface area contributed by atoms with E-state index >= 15 is 0 Å². The van der Waals surface area contributed by atoms with Crippen LogP contribution >= 0.6 is 23.2 Å². The summed E-state index contributed by atoms with van der Waals surface area (Å²) in [7, 11) is -3.07. The third-order valence-electron chi connectivity index (χ3n) is 3.50. The van der Waals surface area contributed by atoms with Crippen LogP contribution < -0.4 is 0 Å². The summed E-state index contributed by atoms with van der Waals surface area (Å²) in [5, 5.41) is 1.28. The number of sulfonamides is 1. The second kappa shape index (κ2) is 6.62. The smallest absolute Gasteiger partial charge is 0.213 e. The monoisotopic (exact) mass is 336 g/mol. The van der Waals surface area contributed by atoms with Crippen molar-refractivity contribution in [3.05, 3.63) is 33.8 Å². The molecule has 0 saturated carbocycles. The number of halogens is 2. The lowest BCUT2D eigenvalue weighted by molar-refractivity contribution is 0.182. The summed E-state index contributed by atoms with van der Waals surface area (Å²) in [6.45, 7) is 4.92. The van der Waals surface area contributed by atoms with Crippen LogP contribution in [0.25, 0.3) is 0 Å². The van der Waals surface area contributed by atoms with Gasteiger partial charge in [-0.05, 0) is 24.6 Å². The van der Waals surface area contributed by atoms with Crippen molar-refractivity contribution >= 4 is 33.2 Å². The predicted octanol–water partition coefficient (Wildman–Crippen LogP) is 2.46. The number of nitrogens with zero attached hydrogens (tertiary/aromatic N) is 2. The Morgan fingerprint density at radius 2 is 1.80 bits per heavy atom. The fourth-order valence-electron chi connectivity index (χ4n) is 2.24. The lowest BCUT2D eigenvalue weighted by Crippen LogP contribution is -2.48. The second-order valence-electron chi connectivity index (χ2n) is 4.81. The van der Waals surface area contributed by atoms with Crippen molar-refractivity contribution in [3.63, 3.8) is 0 Å². The first-order chi connectivity index (χ1) is 9.42. The van der Waals surface area contributed by atoms with E-state index in [1.54, 1.807) is 17.3 Å². The normalized spacial score (nSPS) is 18.4. The molecule has 1 heterocycles. The van der Waals surface area contributed by atoms with Crippen LogP contribution in [-0.2, 0) is 16.6 Å². The number of hydrogen-bond donors (Lipinski definition) is 0. The van der Waals surface area contributed by atoms with Crippen molar-refractivity contribution in [2.75, 3.05) is 31.9 Å². The molecule has 0 aromatic heterocycles. The fraction of sp³-hybridized carbons (Fsp3) is 0.538. The van der Waals surface area contributed by atoms with Crippen molar-refractivity contribution < 1.29 is 8.42 Å². The van der Waals surface area contributed by atoms with Gasteiger partial charge >= 0.3 is 0 Å². The van der Waals surface area contributed by atoms with Gasteiger partial charge in [-0.2, -0.15) is 4.31 Å². The zero-order chi connectivity index (χ0) is 14.8. The minimum atomic E-state index is -3.07. The van der Waals surface area contributed by atoms with Crippen LogP contribution in [0.2, 0.25) is 10.0 Å². The van der Waals surface area contributed by atoms with E-state index in [1.807, 2.05) is 12.1 Å². The first kappa shape index (κ1) is 16.0. The molecule has 1 aromatic carbocycles. The van der Waals surface area contributed by atoms with Gasteiger partial charge in [-0.15, -0.1) is 0 Å². The second-order valence-corrected chi connectivity index (χ2v) is 7.91. The van der Waals surface area contributed by atoms with Crippen molar-refractivity contribution in [3.8, 4) is 0 Å². The van der Waals surface area contributed by atoms with Crippen molar-refractivity contribution in [1.29, 1.82) is 0 Å². The van der Waals surface area contributed by atoms with Gasteiger partial charge in [0.2, 0.25) is 10.0 Å². The van der Waals surface area contributed by atoms with Gasteiger partial charge in [-0.1, -0.05) is 29.3 Å². The minimum absolute atomic E-state index is 0.163. The Kier molecular flexibility index (Phi) is 5.31. The van der Waals surface area contributed by atoms with Crippen molar-refractivity contribution in [1.82, 2.24) is 9.21 Å². The Morgan fingerprint density at radius 1 is 1.15 bits per heavy atom. The maximum absolute atomic E-state index is 11.8. The van der Waals surface area contributed by atoms with Crippen LogP contribution in [0.5, 0.6) is 0 Å². The lowest BCUT2D eigenvalue weighted by atomic mass is 10.2. The molecule has 0 radical (unpaired) electrons. The Morgan fingerprint density at radius 3 is 2.35 bits per heavy atom. The molecule has 4 nitrogen and oxygen atoms in total. The largest absolute Gasteiger partial charge is 0.296 e. The fourth-order valence-corrected chi connectivity index (χ4v) is 3.79. The number of hydrogen-bond acceptors (Lipinski definition) is 3. The molecule has 0 bridgehead atoms. The predicted molar refractivity (Wildman–Crippen MR) is 82.8 cm³/mol. The van der Waals surface area contributed by atoms with Gasteiger partial charge in [0.05, 0.1) is 5.75 Å². The first-order valence-corrected chi connectivity index (χ1v) is 8.93. The van der Waals surface area contributed by atoms with Crippen molar-refractivity contribution in [2.45, 2.75) is 13.5 Å². The van der Waals surface area contributed by atoms with E-state index < -0.39 is 10.0 Å². The van der Waals surface area contributed by atoms with E-state index in [0.717, 1.165) is 25.2 Å². The highest BCUT2D eigenvalue weighted by Crippen LogP contribution is 2.23. The van der Waals surface area contributed by atoms with Crippen LogP contribution in [0.1, 0.15) is 12.5 Å². The maximum Gasteiger partial charge on any atom is 0.213 e. The minimum Gasteiger partial charge on any atom is -0.296 e. The molecule has 0 aliphatic carbocycles. The molecule has 0 unspecified atom stereocenters. The van der Waals surface area contributed by atoms with E-state index in [0.29, 0.717) is 23.1 Å². The van der Waals surface area contributed by atoms with E-state index in [1.165, 1.54) is 0 Å². The number of rotatable bonds is 4. The average molecular weight is 337 g/mol. The topological polar surface area (TPSA) is 40.6 Å². The van der Waals surface area contributed by atoms with Gasteiger partial charge in [0.15, 0.2) is 0 Å². The summed E-state index contributed by atoms with van der Waals surface area (Å²) in [4.78, 5) is 2.21. The van der Waals surface area contributed by atoms with Gasteiger partial charge < -0.3 is 0 Å². The molecule has 0 atom stereocenters. The highest BCUT2D eigenvalue weighted by Gasteiger charge is 2.25. The van der Waals surface area contributed by atoms with Gasteiger partial charge in [0.25, 0.3) is 0 Å². The third-order valence-corrected chi connectivity index (χ3v) is 5.97. The third kappa shape index (κ3) is 3.86. The molecule has 1 aliphatic rings. The van der Waals surface area contributed by atoms with E-state index in [2.05, 4.69) is 4.90 Å². The molecular weight excluding hydrogens is 319 g/mol. The van der Waals surface area contributed by atoms with Crippen LogP contribution in [0.3, 0.4) is 0 Å². The molecular formula is C13H18Cl2N2O2S. The summed E-state index contributed by atoms with van der Waals surface area (Å²) in [6, 6.07) is 5.47. The summed E-state index contributed by atoms with van der Waals surface area (Å²) < 4.78 is 25.1. The molecule has 1 fully saturated rings. The van der Waals surface area contributed by atoms with Gasteiger partial charge in [-0.25, -0.2) is 8.42 Å². The molecule has 7 heteroatoms. The quantitative estimate of drug-likeness (QED) is 0.847. The van der Waals surface area contributed by atoms with Gasteiger partial charge in [0.1, 0.15) is 0 Å². The Labute approximate surface area is 130 Å². The molecule has 2 rings (SSSR count). The van der Waals surface area contributed by atoms with Crippen LogP contribution in [-0.4, -0.2) is 49.6 Å². The summed E-state index contributed by atoms with van der Waals surface area (Å²) in [5.74, 6) is 0.163. The molecule has 1 aromatic rings. The van der Waals surface area contributed by atoms with Gasteiger partial charge in [-0.3, -0.25) is 4.90 Å². The van der Waals surface area contributed by atoms with E-state index in [9.17, 15) is 8.42 Å². The van der Waals surface area contributed by atoms with Crippen molar-refractivity contribution in [2.24, 2.45) is 0 Å². The number of benzene rings is 1. The SMILES string of the molecule is CCS(=O)(=O)N1CCN(Cc2ccc(Cl)cc2Cl)CC1. The Bertz CT molecular complexity index is 570. The lowest BCUT2D eigenvalue weighted by Gasteiger charge is -2.33. The summed E-state index contributed by atoms with van der Waals surface area (Å²) in [5.41, 5.74) is 1.02. The van der Waals surface area contributed by atoms with Crippen LogP contribution in [0.15, 0.2) is 18.2 Å². The van der Waals surface area contributed by atoms with E-state index in [-0.39, 0.29) is 5.75 Å². The highest BCUT2D eigenvalue weighted by molar-refractivity contribution is 7.89. The zero-order valence-corrected chi connectivity index (χ0v) is 13.7. The standard InChI is InChI=1S/C13H18Cl2N2O2S/c1-2-20(18,19)17-7-5-16(6-8-17)10-11-3-4-12(14)9-13(11)15/h3-4,9H,2,5-8,10H2,1H3. The molecule has 1 aliphatic heterocycles. The molecule has 112 valence electrons. The summed E-state index contributed by atoms with van der Waals surface area (Å²) >= 11 is 12.0. The molecule has 0 spiro atoms. The highest BCUT2D eigenvalue weighted by atomic mass is 35.5. The maximum atomic E-state index is 11.8. The number of piperazine rings is 1. The Hall–Kier alpha value is -0.330. The molecule has 20 heavy (non-hydrogen) atoms. The zero-order valence-electron chi connectivity index (χ0n) is 11.3. The molecule has 0 amide bonds. The van der Waals surface area contributed by atoms with E-state index in [4.69, 9.17) is 23.2 Å².